The van der Waals surface area contributed by atoms with Crippen molar-refractivity contribution < 1.29 is 4.79 Å². The molecule has 2 atom stereocenters. The second-order valence-corrected chi connectivity index (χ2v) is 6.32. The Hall–Kier alpha value is -1.00. The van der Waals surface area contributed by atoms with Crippen LogP contribution in [0, 0.1) is 0 Å². The van der Waals surface area contributed by atoms with Crippen LogP contribution in [0.3, 0.4) is 0 Å². The third kappa shape index (κ3) is 2.95. The number of amides is 1. The van der Waals surface area contributed by atoms with E-state index in [0.29, 0.717) is 11.9 Å². The Labute approximate surface area is 118 Å². The van der Waals surface area contributed by atoms with E-state index in [0.717, 1.165) is 37.4 Å². The number of carbonyl (C=O) groups is 1. The van der Waals surface area contributed by atoms with Crippen molar-refractivity contribution in [3.63, 3.8) is 0 Å². The molecule has 2 fully saturated rings. The number of hydrogen-bond donors (Lipinski definition) is 1. The number of benzene rings is 1. The molecular weight excluding hydrogens is 256 g/mol. The monoisotopic (exact) mass is 276 g/mol. The maximum atomic E-state index is 12.5. The van der Waals surface area contributed by atoms with Gasteiger partial charge in [-0.2, -0.15) is 0 Å². The third-order valence-electron chi connectivity index (χ3n) is 3.99. The molecule has 1 amide bonds. The van der Waals surface area contributed by atoms with Crippen LogP contribution in [0.5, 0.6) is 0 Å². The smallest absolute Gasteiger partial charge is 0.240 e. The fourth-order valence-corrected chi connectivity index (χ4v) is 3.91. The Balaban J connectivity index is 1.66. The highest BCUT2D eigenvalue weighted by Gasteiger charge is 2.34. The van der Waals surface area contributed by atoms with Crippen molar-refractivity contribution in [1.82, 2.24) is 10.2 Å². The highest BCUT2D eigenvalue weighted by molar-refractivity contribution is 7.99. The van der Waals surface area contributed by atoms with Gasteiger partial charge in [-0.05, 0) is 24.8 Å². The molecule has 0 aromatic heterocycles. The topological polar surface area (TPSA) is 32.3 Å². The lowest BCUT2D eigenvalue weighted by atomic mass is 10.0. The van der Waals surface area contributed by atoms with E-state index in [4.69, 9.17) is 0 Å². The Morgan fingerprint density at radius 3 is 2.95 bits per heavy atom. The quantitative estimate of drug-likeness (QED) is 0.915. The van der Waals surface area contributed by atoms with Gasteiger partial charge in [0.15, 0.2) is 0 Å². The molecule has 3 rings (SSSR count). The Morgan fingerprint density at radius 1 is 1.37 bits per heavy atom. The molecule has 0 spiro atoms. The van der Waals surface area contributed by atoms with Crippen molar-refractivity contribution in [2.45, 2.75) is 31.3 Å². The average Bonchev–Trinajstić information content (AvgIpc) is 3.10. The molecular formula is C15H20N2OS. The van der Waals surface area contributed by atoms with E-state index in [9.17, 15) is 4.79 Å². The first kappa shape index (κ1) is 13.0. The molecule has 0 bridgehead atoms. The summed E-state index contributed by atoms with van der Waals surface area (Å²) in [6.07, 6.45) is 3.27. The minimum absolute atomic E-state index is 0.0429. The van der Waals surface area contributed by atoms with Gasteiger partial charge in [-0.25, -0.2) is 0 Å². The summed E-state index contributed by atoms with van der Waals surface area (Å²) in [7, 11) is 0. The molecule has 0 radical (unpaired) electrons. The molecule has 2 heterocycles. The maximum Gasteiger partial charge on any atom is 0.240 e. The van der Waals surface area contributed by atoms with Gasteiger partial charge in [-0.3, -0.25) is 10.1 Å². The van der Waals surface area contributed by atoms with Crippen LogP contribution in [0.25, 0.3) is 0 Å². The van der Waals surface area contributed by atoms with Crippen LogP contribution in [-0.4, -0.2) is 41.1 Å². The highest BCUT2D eigenvalue weighted by Crippen LogP contribution is 2.23. The van der Waals surface area contributed by atoms with E-state index in [2.05, 4.69) is 34.5 Å². The zero-order chi connectivity index (χ0) is 13.1. The van der Waals surface area contributed by atoms with E-state index in [1.165, 1.54) is 5.56 Å². The number of nitrogens with one attached hydrogen (secondary N) is 1. The first-order chi connectivity index (χ1) is 9.34. The summed E-state index contributed by atoms with van der Waals surface area (Å²) in [4.78, 5) is 14.6. The summed E-state index contributed by atoms with van der Waals surface area (Å²) in [5.74, 6) is 2.14. The van der Waals surface area contributed by atoms with Crippen LogP contribution < -0.4 is 5.32 Å². The second kappa shape index (κ2) is 5.97. The lowest BCUT2D eigenvalue weighted by molar-refractivity contribution is -0.133. The van der Waals surface area contributed by atoms with Gasteiger partial charge < -0.3 is 4.90 Å². The van der Waals surface area contributed by atoms with Crippen molar-refractivity contribution in [3.8, 4) is 0 Å². The van der Waals surface area contributed by atoms with Crippen molar-refractivity contribution in [2.75, 3.05) is 18.2 Å². The minimum atomic E-state index is 0.0429. The van der Waals surface area contributed by atoms with E-state index in [-0.39, 0.29) is 6.04 Å². The molecule has 0 saturated carbocycles. The van der Waals surface area contributed by atoms with Gasteiger partial charge in [0, 0.05) is 24.2 Å². The van der Waals surface area contributed by atoms with E-state index in [1.54, 1.807) is 0 Å². The molecule has 4 heteroatoms. The van der Waals surface area contributed by atoms with Crippen molar-refractivity contribution in [1.29, 1.82) is 0 Å². The number of nitrogens with zero attached hydrogens (tertiary/aromatic N) is 1. The van der Waals surface area contributed by atoms with Crippen LogP contribution in [-0.2, 0) is 11.2 Å². The normalized spacial score (nSPS) is 26.8. The Morgan fingerprint density at radius 2 is 2.21 bits per heavy atom. The molecule has 3 nitrogen and oxygen atoms in total. The van der Waals surface area contributed by atoms with Crippen LogP contribution in [0.2, 0.25) is 0 Å². The molecule has 2 aliphatic rings. The van der Waals surface area contributed by atoms with Gasteiger partial charge in [0.1, 0.15) is 0 Å². The zero-order valence-electron chi connectivity index (χ0n) is 11.0. The summed E-state index contributed by atoms with van der Waals surface area (Å²) in [6, 6.07) is 10.9. The summed E-state index contributed by atoms with van der Waals surface area (Å²) >= 11 is 1.82. The van der Waals surface area contributed by atoms with E-state index in [1.807, 2.05) is 17.8 Å². The highest BCUT2D eigenvalue weighted by atomic mass is 32.2. The van der Waals surface area contributed by atoms with Gasteiger partial charge in [-0.1, -0.05) is 30.3 Å². The van der Waals surface area contributed by atoms with Gasteiger partial charge in [0.05, 0.1) is 6.04 Å². The molecule has 19 heavy (non-hydrogen) atoms. The van der Waals surface area contributed by atoms with Crippen molar-refractivity contribution >= 4 is 17.7 Å². The van der Waals surface area contributed by atoms with Crippen molar-refractivity contribution in [2.24, 2.45) is 0 Å². The molecule has 2 saturated heterocycles. The van der Waals surface area contributed by atoms with Crippen LogP contribution in [0.15, 0.2) is 30.3 Å². The number of carbonyl (C=O) groups excluding carboxylic acids is 1. The molecule has 1 aromatic rings. The van der Waals surface area contributed by atoms with Crippen molar-refractivity contribution in [3.05, 3.63) is 35.9 Å². The van der Waals surface area contributed by atoms with Crippen LogP contribution >= 0.6 is 11.8 Å². The minimum Gasteiger partial charge on any atom is -0.338 e. The molecule has 102 valence electrons. The predicted octanol–water partition coefficient (Wildman–Crippen LogP) is 1.88. The van der Waals surface area contributed by atoms with Crippen LogP contribution in [0.4, 0.5) is 0 Å². The first-order valence-corrected chi connectivity index (χ1v) is 8.15. The fraction of sp³-hybridized carbons (Fsp3) is 0.533. The molecule has 2 aliphatic heterocycles. The lowest BCUT2D eigenvalue weighted by Gasteiger charge is -2.27. The van der Waals surface area contributed by atoms with E-state index < -0.39 is 0 Å². The number of hydrogen-bond acceptors (Lipinski definition) is 3. The number of thioether (sulfide) groups is 1. The van der Waals surface area contributed by atoms with Gasteiger partial charge in [-0.15, -0.1) is 11.8 Å². The summed E-state index contributed by atoms with van der Waals surface area (Å²) in [6.45, 7) is 0.930. The largest absolute Gasteiger partial charge is 0.338 e. The maximum absolute atomic E-state index is 12.5. The summed E-state index contributed by atoms with van der Waals surface area (Å²) in [5, 5.41) is 3.29. The third-order valence-corrected chi connectivity index (χ3v) is 4.93. The van der Waals surface area contributed by atoms with Gasteiger partial charge in [0.2, 0.25) is 5.91 Å². The number of likely N-dealkylation sites (tertiary alicyclic amines) is 1. The summed E-state index contributed by atoms with van der Waals surface area (Å²) < 4.78 is 0. The predicted molar refractivity (Wildman–Crippen MR) is 79.1 cm³/mol. The van der Waals surface area contributed by atoms with Gasteiger partial charge >= 0.3 is 0 Å². The first-order valence-electron chi connectivity index (χ1n) is 7.00. The molecule has 1 aromatic carbocycles. The lowest BCUT2D eigenvalue weighted by Crippen LogP contribution is -2.47. The average molecular weight is 276 g/mol. The van der Waals surface area contributed by atoms with Gasteiger partial charge in [0.25, 0.3) is 0 Å². The van der Waals surface area contributed by atoms with E-state index >= 15 is 0 Å². The Bertz CT molecular complexity index is 431. The SMILES string of the molecule is O=C(C1CSCN1)N1CCCC1Cc1ccccc1. The standard InChI is InChI=1S/C15H20N2OS/c18-15(14-10-19-11-16-14)17-8-4-7-13(17)9-12-5-2-1-3-6-12/h1-3,5-6,13-14,16H,4,7-11H2. The van der Waals surface area contributed by atoms with Crippen LogP contribution in [0.1, 0.15) is 18.4 Å². The Kier molecular flexibility index (Phi) is 4.09. The zero-order valence-corrected chi connectivity index (χ0v) is 11.9. The summed E-state index contributed by atoms with van der Waals surface area (Å²) in [5.41, 5.74) is 1.33. The number of rotatable bonds is 3. The fourth-order valence-electron chi connectivity index (χ4n) is 2.98. The molecule has 1 N–H and O–H groups in total. The second-order valence-electron chi connectivity index (χ2n) is 5.29. The molecule has 2 unspecified atom stereocenters. The molecule has 0 aliphatic carbocycles.